The molecule has 9 heteroatoms. The van der Waals surface area contributed by atoms with Crippen LogP contribution in [0.1, 0.15) is 42.1 Å². The molecule has 0 spiro atoms. The topological polar surface area (TPSA) is 92.8 Å². The Labute approximate surface area is 194 Å². The van der Waals surface area contributed by atoms with Crippen LogP contribution in [0.2, 0.25) is 0 Å². The lowest BCUT2D eigenvalue weighted by molar-refractivity contribution is -0.152. The molecular formula is C24H23FN2O5S. The summed E-state index contributed by atoms with van der Waals surface area (Å²) >= 11 is 1.46. The SMILES string of the molecule is CCC(=O)Nc1ccc(C(=O)COC(=O)[C@H]2CS[C@]3(c4ccc(F)cc4)CCC(=O)N23)cc1. The van der Waals surface area contributed by atoms with Gasteiger partial charge in [-0.1, -0.05) is 19.1 Å². The summed E-state index contributed by atoms with van der Waals surface area (Å²) in [5.41, 5.74) is 1.68. The molecule has 2 aromatic carbocycles. The van der Waals surface area contributed by atoms with E-state index in [0.29, 0.717) is 29.8 Å². The number of amides is 2. The summed E-state index contributed by atoms with van der Waals surface area (Å²) in [5, 5.41) is 2.69. The third kappa shape index (κ3) is 4.50. The Bertz CT molecular complexity index is 1090. The number of ketones is 1. The second-order valence-electron chi connectivity index (χ2n) is 7.89. The molecule has 4 rings (SSSR count). The molecule has 1 N–H and O–H groups in total. The fourth-order valence-electron chi connectivity index (χ4n) is 4.13. The number of benzene rings is 2. The van der Waals surface area contributed by atoms with Gasteiger partial charge in [0.25, 0.3) is 0 Å². The van der Waals surface area contributed by atoms with Crippen molar-refractivity contribution in [3.05, 3.63) is 65.5 Å². The molecule has 2 heterocycles. The van der Waals surface area contributed by atoms with Crippen molar-refractivity contribution in [1.29, 1.82) is 0 Å². The number of rotatable bonds is 7. The van der Waals surface area contributed by atoms with Crippen LogP contribution >= 0.6 is 11.8 Å². The van der Waals surface area contributed by atoms with Crippen molar-refractivity contribution in [3.63, 3.8) is 0 Å². The third-order valence-corrected chi connectivity index (χ3v) is 7.45. The molecule has 2 amide bonds. The number of Topliss-reactive ketones (excluding diaryl/α,β-unsaturated/α-hetero) is 1. The third-order valence-electron chi connectivity index (χ3n) is 5.85. The number of halogens is 1. The molecule has 2 saturated heterocycles. The molecule has 2 fully saturated rings. The summed E-state index contributed by atoms with van der Waals surface area (Å²) in [6.45, 7) is 1.29. The first-order valence-corrected chi connectivity index (χ1v) is 11.6. The number of hydrogen-bond donors (Lipinski definition) is 1. The van der Waals surface area contributed by atoms with Crippen LogP contribution in [0.4, 0.5) is 10.1 Å². The normalized spacial score (nSPS) is 21.6. The lowest BCUT2D eigenvalue weighted by Crippen LogP contribution is -2.47. The minimum absolute atomic E-state index is 0.134. The Hall–Kier alpha value is -3.20. The highest BCUT2D eigenvalue weighted by Gasteiger charge is 2.57. The lowest BCUT2D eigenvalue weighted by Gasteiger charge is -2.33. The molecular weight excluding hydrogens is 447 g/mol. The van der Waals surface area contributed by atoms with E-state index in [1.54, 1.807) is 43.3 Å². The zero-order valence-electron chi connectivity index (χ0n) is 18.0. The molecule has 7 nitrogen and oxygen atoms in total. The fraction of sp³-hybridized carbons (Fsp3) is 0.333. The van der Waals surface area contributed by atoms with Gasteiger partial charge in [0, 0.05) is 29.8 Å². The van der Waals surface area contributed by atoms with Gasteiger partial charge in [0.2, 0.25) is 11.8 Å². The Morgan fingerprint density at radius 1 is 1.15 bits per heavy atom. The number of carbonyl (C=O) groups is 4. The zero-order chi connectivity index (χ0) is 23.6. The Balaban J connectivity index is 1.40. The zero-order valence-corrected chi connectivity index (χ0v) is 18.8. The summed E-state index contributed by atoms with van der Waals surface area (Å²) in [7, 11) is 0. The maximum Gasteiger partial charge on any atom is 0.330 e. The van der Waals surface area contributed by atoms with E-state index in [-0.39, 0.29) is 29.8 Å². The van der Waals surface area contributed by atoms with E-state index in [2.05, 4.69) is 5.32 Å². The number of fused-ring (bicyclic) bond motifs is 1. The van der Waals surface area contributed by atoms with Crippen LogP contribution < -0.4 is 5.32 Å². The van der Waals surface area contributed by atoms with Crippen LogP contribution in [0.5, 0.6) is 0 Å². The smallest absolute Gasteiger partial charge is 0.330 e. The van der Waals surface area contributed by atoms with Gasteiger partial charge >= 0.3 is 5.97 Å². The summed E-state index contributed by atoms with van der Waals surface area (Å²) in [4.78, 5) is 50.2. The molecule has 0 aromatic heterocycles. The first kappa shape index (κ1) is 23.0. The standard InChI is InChI=1S/C24H23FN2O5S/c1-2-21(29)26-18-9-3-15(4-10-18)20(28)13-32-23(31)19-14-33-24(12-11-22(30)27(19)24)16-5-7-17(25)8-6-16/h3-10,19H,2,11-14H2,1H3,(H,26,29)/t19-,24+/m1/s1. The van der Waals surface area contributed by atoms with Crippen molar-refractivity contribution >= 4 is 41.0 Å². The first-order valence-electron chi connectivity index (χ1n) is 10.7. The van der Waals surface area contributed by atoms with Crippen molar-refractivity contribution in [2.75, 3.05) is 17.7 Å². The van der Waals surface area contributed by atoms with Gasteiger partial charge < -0.3 is 15.0 Å². The molecule has 33 heavy (non-hydrogen) atoms. The van der Waals surface area contributed by atoms with E-state index in [4.69, 9.17) is 4.74 Å². The average molecular weight is 471 g/mol. The number of hydrogen-bond acceptors (Lipinski definition) is 6. The number of carbonyl (C=O) groups excluding carboxylic acids is 4. The van der Waals surface area contributed by atoms with Crippen LogP contribution in [-0.4, -0.2) is 46.9 Å². The molecule has 0 bridgehead atoms. The number of esters is 1. The monoisotopic (exact) mass is 470 g/mol. The minimum Gasteiger partial charge on any atom is -0.456 e. The van der Waals surface area contributed by atoms with Crippen LogP contribution in [0.15, 0.2) is 48.5 Å². The van der Waals surface area contributed by atoms with E-state index < -0.39 is 23.5 Å². The predicted molar refractivity (Wildman–Crippen MR) is 121 cm³/mol. The van der Waals surface area contributed by atoms with Gasteiger partial charge in [-0.05, 0) is 48.4 Å². The largest absolute Gasteiger partial charge is 0.456 e. The van der Waals surface area contributed by atoms with Crippen molar-refractivity contribution in [3.8, 4) is 0 Å². The highest BCUT2D eigenvalue weighted by molar-refractivity contribution is 8.00. The Morgan fingerprint density at radius 2 is 1.85 bits per heavy atom. The predicted octanol–water partition coefficient (Wildman–Crippen LogP) is 3.49. The average Bonchev–Trinajstić information content (AvgIpc) is 3.37. The summed E-state index contributed by atoms with van der Waals surface area (Å²) in [6, 6.07) is 11.5. The van der Waals surface area contributed by atoms with Gasteiger partial charge in [-0.3, -0.25) is 14.4 Å². The molecule has 0 unspecified atom stereocenters. The summed E-state index contributed by atoms with van der Waals surface area (Å²) < 4.78 is 18.7. The Kier molecular flexibility index (Phi) is 6.51. The maximum atomic E-state index is 13.4. The number of nitrogens with one attached hydrogen (secondary N) is 1. The number of ether oxygens (including phenoxy) is 1. The minimum atomic E-state index is -0.811. The molecule has 2 aromatic rings. The lowest BCUT2D eigenvalue weighted by atomic mass is 10.0. The van der Waals surface area contributed by atoms with Crippen LogP contribution in [0.3, 0.4) is 0 Å². The quantitative estimate of drug-likeness (QED) is 0.492. The summed E-state index contributed by atoms with van der Waals surface area (Å²) in [6.07, 6.45) is 1.15. The molecule has 2 aliphatic rings. The molecule has 0 radical (unpaired) electrons. The van der Waals surface area contributed by atoms with Gasteiger partial charge in [-0.15, -0.1) is 11.8 Å². The van der Waals surface area contributed by atoms with E-state index in [1.165, 1.54) is 28.8 Å². The van der Waals surface area contributed by atoms with Crippen molar-refractivity contribution in [1.82, 2.24) is 4.90 Å². The van der Waals surface area contributed by atoms with Crippen LogP contribution in [0, 0.1) is 5.82 Å². The Morgan fingerprint density at radius 3 is 2.52 bits per heavy atom. The second-order valence-corrected chi connectivity index (χ2v) is 9.19. The van der Waals surface area contributed by atoms with E-state index in [1.807, 2.05) is 0 Å². The maximum absolute atomic E-state index is 13.4. The second kappa shape index (κ2) is 9.35. The van der Waals surface area contributed by atoms with Crippen molar-refractivity contribution < 1.29 is 28.3 Å². The van der Waals surface area contributed by atoms with Gasteiger partial charge in [0.15, 0.2) is 12.4 Å². The summed E-state index contributed by atoms with van der Waals surface area (Å²) in [5.74, 6) is -1.36. The van der Waals surface area contributed by atoms with Crippen molar-refractivity contribution in [2.45, 2.75) is 37.1 Å². The molecule has 2 atom stereocenters. The van der Waals surface area contributed by atoms with Gasteiger partial charge in [-0.2, -0.15) is 0 Å². The molecule has 172 valence electrons. The van der Waals surface area contributed by atoms with Crippen LogP contribution in [0.25, 0.3) is 0 Å². The van der Waals surface area contributed by atoms with E-state index >= 15 is 0 Å². The number of thioether (sulfide) groups is 1. The number of anilines is 1. The molecule has 2 aliphatic heterocycles. The van der Waals surface area contributed by atoms with Gasteiger partial charge in [0.05, 0.1) is 0 Å². The van der Waals surface area contributed by atoms with Crippen LogP contribution in [-0.2, 0) is 24.0 Å². The molecule has 0 saturated carbocycles. The first-order chi connectivity index (χ1) is 15.8. The van der Waals surface area contributed by atoms with Gasteiger partial charge in [0.1, 0.15) is 16.7 Å². The number of nitrogens with zero attached hydrogens (tertiary/aromatic N) is 1. The highest BCUT2D eigenvalue weighted by Crippen LogP contribution is 2.54. The van der Waals surface area contributed by atoms with Crippen molar-refractivity contribution in [2.24, 2.45) is 0 Å². The van der Waals surface area contributed by atoms with Gasteiger partial charge in [-0.25, -0.2) is 9.18 Å². The van der Waals surface area contributed by atoms with E-state index in [9.17, 15) is 23.6 Å². The fourth-order valence-corrected chi connectivity index (χ4v) is 5.77. The van der Waals surface area contributed by atoms with E-state index in [0.717, 1.165) is 5.56 Å². The molecule has 0 aliphatic carbocycles. The highest BCUT2D eigenvalue weighted by atomic mass is 32.2.